The van der Waals surface area contributed by atoms with Gasteiger partial charge in [-0.25, -0.2) is 4.98 Å². The van der Waals surface area contributed by atoms with Crippen LogP contribution < -0.4 is 0 Å². The van der Waals surface area contributed by atoms with Crippen molar-refractivity contribution in [1.82, 2.24) is 9.55 Å². The maximum atomic E-state index is 9.85. The normalized spacial score (nSPS) is 10.8. The van der Waals surface area contributed by atoms with Gasteiger partial charge < -0.3 is 4.57 Å². The van der Waals surface area contributed by atoms with Gasteiger partial charge in [0.15, 0.2) is 0 Å². The number of pyridine rings is 1. The summed E-state index contributed by atoms with van der Waals surface area (Å²) < 4.78 is 2.22. The number of hydrogen-bond donors (Lipinski definition) is 0. The third-order valence-electron chi connectivity index (χ3n) is 6.24. The Bertz CT molecular complexity index is 1780. The third kappa shape index (κ3) is 3.51. The van der Waals surface area contributed by atoms with Crippen LogP contribution >= 0.6 is 0 Å². The molecule has 0 radical (unpaired) electrons. The Kier molecular flexibility index (Phi) is 4.84. The first-order chi connectivity index (χ1) is 17.2. The monoisotopic (exact) mass is 446 g/mol. The molecule has 0 saturated heterocycles. The lowest BCUT2D eigenvalue weighted by atomic mass is 9.99. The van der Waals surface area contributed by atoms with Gasteiger partial charge in [-0.2, -0.15) is 10.5 Å². The molecular weight excluding hydrogens is 428 g/mol. The molecule has 0 spiro atoms. The summed E-state index contributed by atoms with van der Waals surface area (Å²) in [5, 5.41) is 21.4. The summed E-state index contributed by atoms with van der Waals surface area (Å²) in [5.74, 6) is 0. The summed E-state index contributed by atoms with van der Waals surface area (Å²) >= 11 is 0. The maximum absolute atomic E-state index is 9.85. The van der Waals surface area contributed by atoms with Crippen molar-refractivity contribution in [3.05, 3.63) is 120 Å². The molecule has 0 aliphatic heterocycles. The maximum Gasteiger partial charge on any atom is 0.141 e. The quantitative estimate of drug-likeness (QED) is 0.287. The van der Waals surface area contributed by atoms with Crippen LogP contribution in [0.4, 0.5) is 0 Å². The summed E-state index contributed by atoms with van der Waals surface area (Å²) in [5.41, 5.74) is 7.69. The van der Waals surface area contributed by atoms with Crippen molar-refractivity contribution in [2.75, 3.05) is 0 Å². The van der Waals surface area contributed by atoms with Crippen LogP contribution in [0.3, 0.4) is 0 Å². The van der Waals surface area contributed by atoms with Crippen molar-refractivity contribution in [2.45, 2.75) is 0 Å². The number of para-hydroxylation sites is 2. The lowest BCUT2D eigenvalue weighted by Crippen LogP contribution is -1.96. The highest BCUT2D eigenvalue weighted by atomic mass is 15.0. The molecule has 0 unspecified atom stereocenters. The fourth-order valence-electron chi connectivity index (χ4n) is 4.69. The van der Waals surface area contributed by atoms with Crippen LogP contribution in [0.5, 0.6) is 0 Å². The van der Waals surface area contributed by atoms with Crippen molar-refractivity contribution in [3.8, 4) is 40.2 Å². The van der Waals surface area contributed by atoms with E-state index >= 15 is 0 Å². The lowest BCUT2D eigenvalue weighted by Gasteiger charge is -2.12. The van der Waals surface area contributed by atoms with Crippen LogP contribution in [0.1, 0.15) is 11.3 Å². The minimum atomic E-state index is 0.382. The summed E-state index contributed by atoms with van der Waals surface area (Å²) in [6.45, 7) is 0. The Morgan fingerprint density at radius 3 is 1.97 bits per heavy atom. The van der Waals surface area contributed by atoms with Gasteiger partial charge >= 0.3 is 0 Å². The molecule has 6 aromatic rings. The lowest BCUT2D eigenvalue weighted by molar-refractivity contribution is 1.18. The zero-order chi connectivity index (χ0) is 23.8. The largest absolute Gasteiger partial charge is 0.309 e. The molecular formula is C31H18N4. The summed E-state index contributed by atoms with van der Waals surface area (Å²) in [7, 11) is 0. The van der Waals surface area contributed by atoms with Gasteiger partial charge in [-0.15, -0.1) is 0 Å². The second-order valence-corrected chi connectivity index (χ2v) is 8.35. The van der Waals surface area contributed by atoms with Crippen LogP contribution in [-0.2, 0) is 0 Å². The van der Waals surface area contributed by atoms with Crippen molar-refractivity contribution in [3.63, 3.8) is 0 Å². The third-order valence-corrected chi connectivity index (χ3v) is 6.24. The Balaban J connectivity index is 1.56. The first-order valence-corrected chi connectivity index (χ1v) is 11.3. The van der Waals surface area contributed by atoms with E-state index in [1.807, 2.05) is 54.6 Å². The first kappa shape index (κ1) is 20.4. The summed E-state index contributed by atoms with van der Waals surface area (Å²) in [4.78, 5) is 4.44. The topological polar surface area (TPSA) is 65.4 Å². The Morgan fingerprint density at radius 2 is 1.26 bits per heavy atom. The minimum Gasteiger partial charge on any atom is -0.309 e. The van der Waals surface area contributed by atoms with Gasteiger partial charge in [0.25, 0.3) is 0 Å². The summed E-state index contributed by atoms with van der Waals surface area (Å²) in [6, 6.07) is 40.6. The second-order valence-electron chi connectivity index (χ2n) is 8.35. The number of benzene rings is 4. The molecule has 0 aliphatic rings. The van der Waals surface area contributed by atoms with Gasteiger partial charge in [0.05, 0.1) is 28.4 Å². The molecule has 0 N–H and O–H groups in total. The van der Waals surface area contributed by atoms with E-state index in [4.69, 9.17) is 0 Å². The highest BCUT2D eigenvalue weighted by Crippen LogP contribution is 2.34. The van der Waals surface area contributed by atoms with Gasteiger partial charge in [-0.05, 0) is 59.7 Å². The standard InChI is InChI=1S/C31H18N4/c32-19-21-15-24(22-7-5-8-23(17-22)29-12-6-9-25(20-33)34-29)18-26(16-21)35-30-13-3-1-10-27(30)28-11-2-4-14-31(28)35/h1-18H. The van der Waals surface area contributed by atoms with Crippen molar-refractivity contribution < 1.29 is 0 Å². The molecule has 35 heavy (non-hydrogen) atoms. The van der Waals surface area contributed by atoms with E-state index in [2.05, 4.69) is 70.2 Å². The van der Waals surface area contributed by atoms with E-state index in [-0.39, 0.29) is 0 Å². The van der Waals surface area contributed by atoms with E-state index in [9.17, 15) is 10.5 Å². The molecule has 2 aromatic heterocycles. The van der Waals surface area contributed by atoms with Crippen LogP contribution in [0.25, 0.3) is 49.9 Å². The average Bonchev–Trinajstić information content (AvgIpc) is 3.27. The Morgan fingerprint density at radius 1 is 0.571 bits per heavy atom. The highest BCUT2D eigenvalue weighted by Gasteiger charge is 2.14. The van der Waals surface area contributed by atoms with Gasteiger partial charge in [0.1, 0.15) is 11.8 Å². The van der Waals surface area contributed by atoms with Gasteiger partial charge in [0.2, 0.25) is 0 Å². The number of fused-ring (bicyclic) bond motifs is 3. The number of nitriles is 2. The molecule has 0 atom stereocenters. The Hall–Kier alpha value is -5.19. The SMILES string of the molecule is N#Cc1cc(-c2cccc(-c3cccc(C#N)n3)c2)cc(-n2c3ccccc3c3ccccc32)c1. The van der Waals surface area contributed by atoms with Crippen LogP contribution in [0.15, 0.2) is 109 Å². The molecule has 4 nitrogen and oxygen atoms in total. The molecule has 162 valence electrons. The van der Waals surface area contributed by atoms with E-state index in [0.717, 1.165) is 39.1 Å². The number of rotatable bonds is 3. The minimum absolute atomic E-state index is 0.382. The fourth-order valence-corrected chi connectivity index (χ4v) is 4.69. The van der Waals surface area contributed by atoms with Crippen LogP contribution in [0, 0.1) is 22.7 Å². The van der Waals surface area contributed by atoms with Gasteiger partial charge in [-0.3, -0.25) is 0 Å². The van der Waals surface area contributed by atoms with Crippen molar-refractivity contribution >= 4 is 21.8 Å². The molecule has 0 saturated carbocycles. The van der Waals surface area contributed by atoms with E-state index in [1.54, 1.807) is 6.07 Å². The van der Waals surface area contributed by atoms with Crippen molar-refractivity contribution in [1.29, 1.82) is 10.5 Å². The molecule has 0 aliphatic carbocycles. The molecule has 0 fully saturated rings. The zero-order valence-corrected chi connectivity index (χ0v) is 18.7. The average molecular weight is 447 g/mol. The number of hydrogen-bond acceptors (Lipinski definition) is 3. The molecule has 0 bridgehead atoms. The Labute approximate surface area is 202 Å². The molecule has 0 amide bonds. The smallest absolute Gasteiger partial charge is 0.141 e. The highest BCUT2D eigenvalue weighted by molar-refractivity contribution is 6.09. The fraction of sp³-hybridized carbons (Fsp3) is 0. The number of aromatic nitrogens is 2. The summed E-state index contributed by atoms with van der Waals surface area (Å²) in [6.07, 6.45) is 0. The molecule has 6 rings (SSSR count). The van der Waals surface area contributed by atoms with E-state index in [1.165, 1.54) is 10.8 Å². The molecule has 2 heterocycles. The molecule has 4 heteroatoms. The van der Waals surface area contributed by atoms with Gasteiger partial charge in [-0.1, -0.05) is 60.7 Å². The van der Waals surface area contributed by atoms with Crippen LogP contribution in [-0.4, -0.2) is 9.55 Å². The van der Waals surface area contributed by atoms with E-state index < -0.39 is 0 Å². The first-order valence-electron chi connectivity index (χ1n) is 11.3. The zero-order valence-electron chi connectivity index (χ0n) is 18.7. The second kappa shape index (κ2) is 8.30. The van der Waals surface area contributed by atoms with Crippen molar-refractivity contribution in [2.24, 2.45) is 0 Å². The van der Waals surface area contributed by atoms with Crippen LogP contribution in [0.2, 0.25) is 0 Å². The molecule has 4 aromatic carbocycles. The van der Waals surface area contributed by atoms with Gasteiger partial charge in [0, 0.05) is 22.0 Å². The number of nitrogens with zero attached hydrogens (tertiary/aromatic N) is 4. The predicted octanol–water partition coefficient (Wildman–Crippen LogP) is 7.26. The van der Waals surface area contributed by atoms with E-state index in [0.29, 0.717) is 11.3 Å². The predicted molar refractivity (Wildman–Crippen MR) is 139 cm³/mol.